The summed E-state index contributed by atoms with van der Waals surface area (Å²) in [6, 6.07) is -1.25. The zero-order valence-corrected chi connectivity index (χ0v) is 5.80. The molecule has 11 heavy (non-hydrogen) atoms. The van der Waals surface area contributed by atoms with Crippen LogP contribution in [0, 0.1) is 0 Å². The van der Waals surface area contributed by atoms with Crippen LogP contribution in [-0.4, -0.2) is 32.9 Å². The molecule has 3 N–H and O–H groups in total. The predicted octanol–water partition coefficient (Wildman–Crippen LogP) is -0.0392. The summed E-state index contributed by atoms with van der Waals surface area (Å²) >= 11 is 0. The van der Waals surface area contributed by atoms with Gasteiger partial charge in [0.2, 0.25) is 0 Å². The van der Waals surface area contributed by atoms with Gasteiger partial charge in [-0.3, -0.25) is 4.79 Å². The fourth-order valence-corrected chi connectivity index (χ4v) is 0.543. The zero-order chi connectivity index (χ0) is 8.85. The Bertz CT molecular complexity index is 124. The van der Waals surface area contributed by atoms with Crippen LogP contribution in [0.1, 0.15) is 13.3 Å². The quantitative estimate of drug-likeness (QED) is 0.390. The average molecular weight is 167 g/mol. The molecule has 0 aliphatic heterocycles. The molecule has 0 aliphatic carbocycles. The number of aliphatic carboxylic acids is 1. The summed E-state index contributed by atoms with van der Waals surface area (Å²) in [4.78, 5) is 17.1. The molecule has 0 bridgehead atoms. The normalized spacial score (nSPS) is 13.5. The average Bonchev–Trinajstić information content (AvgIpc) is 1.99. The molecule has 0 aliphatic rings. The third-order valence-electron chi connectivity index (χ3n) is 1.09. The van der Waals surface area contributed by atoms with Gasteiger partial charge in [-0.15, -0.1) is 9.98 Å². The molecule has 0 saturated carbocycles. The summed E-state index contributed by atoms with van der Waals surface area (Å²) in [5.74, 6) is -1.28. The van der Waals surface area contributed by atoms with Gasteiger partial charge < -0.3 is 5.11 Å². The van der Waals surface area contributed by atoms with E-state index in [1.165, 1.54) is 6.92 Å². The van der Waals surface area contributed by atoms with Gasteiger partial charge in [-0.25, -0.2) is 10.5 Å². The number of carboxylic acids is 1. The smallest absolute Gasteiger partial charge is 0.326 e. The molecule has 0 aromatic heterocycles. The number of rotatable bonds is 5. The van der Waals surface area contributed by atoms with E-state index in [1.54, 1.807) is 0 Å². The Balaban J connectivity index is 4.09. The predicted molar refractivity (Wildman–Crippen MR) is 31.0 cm³/mol. The SMILES string of the molecule is CCC(C(=O)O)N(OO)OO. The molecule has 0 rings (SSSR count). The second kappa shape index (κ2) is 4.99. The standard InChI is InChI=1S/C4H9NO6/c1-2-3(4(6)7)5(10-8)11-9/h3,8-9H,2H2,1H3,(H,6,7). The third kappa shape index (κ3) is 2.78. The van der Waals surface area contributed by atoms with Crippen molar-refractivity contribution in [2.24, 2.45) is 0 Å². The van der Waals surface area contributed by atoms with Gasteiger partial charge in [0, 0.05) is 5.23 Å². The van der Waals surface area contributed by atoms with Gasteiger partial charge in [-0.2, -0.15) is 0 Å². The maximum atomic E-state index is 10.3. The van der Waals surface area contributed by atoms with Gasteiger partial charge in [-0.05, 0) is 6.42 Å². The van der Waals surface area contributed by atoms with E-state index >= 15 is 0 Å². The minimum absolute atomic E-state index is 0.0579. The molecule has 0 amide bonds. The second-order valence-electron chi connectivity index (χ2n) is 1.71. The number of hydrogen-bond acceptors (Lipinski definition) is 6. The first-order chi connectivity index (χ1) is 5.17. The largest absolute Gasteiger partial charge is 0.480 e. The monoisotopic (exact) mass is 167 g/mol. The highest BCUT2D eigenvalue weighted by molar-refractivity contribution is 5.72. The first kappa shape index (κ1) is 10.3. The summed E-state index contributed by atoms with van der Waals surface area (Å²) in [5.41, 5.74) is 0. The van der Waals surface area contributed by atoms with E-state index in [9.17, 15) is 4.79 Å². The first-order valence-electron chi connectivity index (χ1n) is 2.82. The number of carboxylic acid groups (broad SMARTS) is 1. The Labute approximate surface area is 62.1 Å². The van der Waals surface area contributed by atoms with Crippen LogP contribution in [0.5, 0.6) is 0 Å². The van der Waals surface area contributed by atoms with Crippen molar-refractivity contribution in [1.82, 2.24) is 5.23 Å². The van der Waals surface area contributed by atoms with E-state index in [-0.39, 0.29) is 11.6 Å². The van der Waals surface area contributed by atoms with Crippen molar-refractivity contribution in [3.8, 4) is 0 Å². The van der Waals surface area contributed by atoms with Crippen molar-refractivity contribution in [2.45, 2.75) is 19.4 Å². The maximum Gasteiger partial charge on any atom is 0.326 e. The van der Waals surface area contributed by atoms with Gasteiger partial charge in [0.25, 0.3) is 0 Å². The molecule has 0 aromatic rings. The highest BCUT2D eigenvalue weighted by Gasteiger charge is 2.26. The lowest BCUT2D eigenvalue weighted by Gasteiger charge is -2.17. The van der Waals surface area contributed by atoms with E-state index in [2.05, 4.69) is 9.98 Å². The summed E-state index contributed by atoms with van der Waals surface area (Å²) in [6.07, 6.45) is 0.108. The molecule has 66 valence electrons. The molecule has 7 heteroatoms. The van der Waals surface area contributed by atoms with Crippen LogP contribution < -0.4 is 0 Å². The fourth-order valence-electron chi connectivity index (χ4n) is 0.543. The lowest BCUT2D eigenvalue weighted by Crippen LogP contribution is -2.39. The molecule has 0 aromatic carbocycles. The molecule has 1 unspecified atom stereocenters. The van der Waals surface area contributed by atoms with Gasteiger partial charge >= 0.3 is 5.97 Å². The highest BCUT2D eigenvalue weighted by Crippen LogP contribution is 2.03. The minimum Gasteiger partial charge on any atom is -0.480 e. The molecule has 7 nitrogen and oxygen atoms in total. The third-order valence-corrected chi connectivity index (χ3v) is 1.09. The second-order valence-corrected chi connectivity index (χ2v) is 1.71. The minimum atomic E-state index is -1.28. The van der Waals surface area contributed by atoms with Crippen LogP contribution in [0.3, 0.4) is 0 Å². The van der Waals surface area contributed by atoms with Crippen LogP contribution in [0.2, 0.25) is 0 Å². The topological polar surface area (TPSA) is 99.5 Å². The Morgan fingerprint density at radius 1 is 1.55 bits per heavy atom. The molecular weight excluding hydrogens is 158 g/mol. The van der Waals surface area contributed by atoms with E-state index < -0.39 is 12.0 Å². The van der Waals surface area contributed by atoms with Crippen molar-refractivity contribution in [3.63, 3.8) is 0 Å². The number of nitrogens with zero attached hydrogens (tertiary/aromatic N) is 1. The van der Waals surface area contributed by atoms with Gasteiger partial charge in [0.05, 0.1) is 0 Å². The maximum absolute atomic E-state index is 10.3. The first-order valence-corrected chi connectivity index (χ1v) is 2.82. The van der Waals surface area contributed by atoms with E-state index in [0.29, 0.717) is 0 Å². The van der Waals surface area contributed by atoms with Crippen molar-refractivity contribution in [2.75, 3.05) is 0 Å². The fraction of sp³-hybridized carbons (Fsp3) is 0.750. The van der Waals surface area contributed by atoms with Crippen LogP contribution >= 0.6 is 0 Å². The van der Waals surface area contributed by atoms with Crippen LogP contribution in [0.15, 0.2) is 0 Å². The Hall–Kier alpha value is -0.730. The summed E-state index contributed by atoms with van der Waals surface area (Å²) in [5, 5.41) is 24.3. The van der Waals surface area contributed by atoms with E-state index in [4.69, 9.17) is 15.6 Å². The van der Waals surface area contributed by atoms with E-state index in [0.717, 1.165) is 0 Å². The molecule has 0 saturated heterocycles. The molecule has 0 heterocycles. The van der Waals surface area contributed by atoms with Gasteiger partial charge in [-0.1, -0.05) is 6.92 Å². The summed E-state index contributed by atoms with van der Waals surface area (Å²) < 4.78 is 0. The van der Waals surface area contributed by atoms with Crippen LogP contribution in [0.4, 0.5) is 0 Å². The van der Waals surface area contributed by atoms with Crippen LogP contribution in [0.25, 0.3) is 0 Å². The highest BCUT2D eigenvalue weighted by atomic mass is 17.4. The van der Waals surface area contributed by atoms with Crippen molar-refractivity contribution in [1.29, 1.82) is 0 Å². The molecular formula is C4H9NO6. The number of hydrogen-bond donors (Lipinski definition) is 3. The lowest BCUT2D eigenvalue weighted by molar-refractivity contribution is -0.591. The lowest BCUT2D eigenvalue weighted by atomic mass is 10.2. The Morgan fingerprint density at radius 3 is 2.09 bits per heavy atom. The Kier molecular flexibility index (Phi) is 4.66. The van der Waals surface area contributed by atoms with Crippen molar-refractivity contribution < 1.29 is 30.4 Å². The summed E-state index contributed by atoms with van der Waals surface area (Å²) in [7, 11) is 0. The van der Waals surface area contributed by atoms with Gasteiger partial charge in [0.15, 0.2) is 6.04 Å². The van der Waals surface area contributed by atoms with E-state index in [1.807, 2.05) is 0 Å². The van der Waals surface area contributed by atoms with Crippen molar-refractivity contribution >= 4 is 5.97 Å². The van der Waals surface area contributed by atoms with Crippen molar-refractivity contribution in [3.05, 3.63) is 0 Å². The summed E-state index contributed by atoms with van der Waals surface area (Å²) in [6.45, 7) is 1.52. The number of hydroxylamine groups is 2. The van der Waals surface area contributed by atoms with Gasteiger partial charge in [0.1, 0.15) is 0 Å². The molecule has 0 spiro atoms. The van der Waals surface area contributed by atoms with Crippen LogP contribution in [-0.2, 0) is 14.8 Å². The molecule has 0 fully saturated rings. The molecule has 1 atom stereocenters. The zero-order valence-electron chi connectivity index (χ0n) is 5.80. The number of carbonyl (C=O) groups is 1. The molecule has 0 radical (unpaired) electrons. The Morgan fingerprint density at radius 2 is 2.00 bits per heavy atom.